The molecule has 0 aliphatic rings. The molecule has 16 heavy (non-hydrogen) atoms. The third-order valence-electron chi connectivity index (χ3n) is 2.44. The Hall–Kier alpha value is -1.42. The molecule has 0 radical (unpaired) electrons. The molecule has 0 spiro atoms. The number of hydrogen-bond acceptors (Lipinski definition) is 4. The maximum atomic E-state index is 9.59. The van der Waals surface area contributed by atoms with Gasteiger partial charge in [-0.15, -0.1) is 0 Å². The molecule has 1 aromatic rings. The molecule has 4 heteroatoms. The van der Waals surface area contributed by atoms with Gasteiger partial charge in [-0.2, -0.15) is 0 Å². The number of methoxy groups -OCH3 is 1. The van der Waals surface area contributed by atoms with Crippen molar-refractivity contribution < 1.29 is 9.84 Å². The number of hydrogen-bond donors (Lipinski definition) is 3. The summed E-state index contributed by atoms with van der Waals surface area (Å²) in [5.74, 6) is 0.648. The minimum atomic E-state index is -0.337. The van der Waals surface area contributed by atoms with Gasteiger partial charge in [0.1, 0.15) is 5.75 Å². The number of nitrogens with two attached hydrogens (primary N) is 1. The first-order chi connectivity index (χ1) is 7.69. The third-order valence-corrected chi connectivity index (χ3v) is 2.44. The van der Waals surface area contributed by atoms with Crippen molar-refractivity contribution in [2.45, 2.75) is 25.9 Å². The number of nitrogens with one attached hydrogen (secondary N) is 1. The van der Waals surface area contributed by atoms with Gasteiger partial charge in [0.15, 0.2) is 0 Å². The molecule has 0 saturated heterocycles. The fourth-order valence-corrected chi connectivity index (χ4v) is 1.54. The van der Waals surface area contributed by atoms with Crippen LogP contribution in [-0.2, 0) is 0 Å². The largest absolute Gasteiger partial charge is 0.495 e. The quantitative estimate of drug-likeness (QED) is 0.645. The van der Waals surface area contributed by atoms with Crippen LogP contribution in [0.5, 0.6) is 5.75 Å². The molecule has 0 aromatic heterocycles. The van der Waals surface area contributed by atoms with Gasteiger partial charge in [0, 0.05) is 6.54 Å². The summed E-state index contributed by atoms with van der Waals surface area (Å²) < 4.78 is 5.11. The highest BCUT2D eigenvalue weighted by atomic mass is 16.5. The first-order valence-electron chi connectivity index (χ1n) is 5.53. The van der Waals surface area contributed by atoms with Crippen molar-refractivity contribution in [3.8, 4) is 5.75 Å². The van der Waals surface area contributed by atoms with Crippen molar-refractivity contribution in [3.05, 3.63) is 18.2 Å². The van der Waals surface area contributed by atoms with Crippen LogP contribution >= 0.6 is 0 Å². The molecule has 0 heterocycles. The van der Waals surface area contributed by atoms with Crippen molar-refractivity contribution >= 4 is 11.4 Å². The van der Waals surface area contributed by atoms with Gasteiger partial charge >= 0.3 is 0 Å². The van der Waals surface area contributed by atoms with E-state index in [1.807, 2.05) is 25.1 Å². The predicted octanol–water partition coefficient (Wildman–Crippen LogP) is 1.85. The minimum absolute atomic E-state index is 0.337. The van der Waals surface area contributed by atoms with E-state index in [1.165, 1.54) is 0 Å². The van der Waals surface area contributed by atoms with Crippen LogP contribution in [0.1, 0.15) is 19.8 Å². The van der Waals surface area contributed by atoms with E-state index >= 15 is 0 Å². The Labute approximate surface area is 96.4 Å². The maximum Gasteiger partial charge on any atom is 0.143 e. The van der Waals surface area contributed by atoms with E-state index < -0.39 is 0 Å². The molecule has 0 fully saturated rings. The first-order valence-corrected chi connectivity index (χ1v) is 5.53. The lowest BCUT2D eigenvalue weighted by molar-refractivity contribution is 0.176. The van der Waals surface area contributed by atoms with Crippen molar-refractivity contribution in [2.24, 2.45) is 0 Å². The van der Waals surface area contributed by atoms with E-state index in [0.717, 1.165) is 18.5 Å². The Bertz CT molecular complexity index is 329. The zero-order valence-corrected chi connectivity index (χ0v) is 9.86. The summed E-state index contributed by atoms with van der Waals surface area (Å²) >= 11 is 0. The summed E-state index contributed by atoms with van der Waals surface area (Å²) in [5.41, 5.74) is 7.26. The number of nitrogen functional groups attached to an aromatic ring is 1. The number of rotatable bonds is 6. The zero-order chi connectivity index (χ0) is 12.0. The van der Waals surface area contributed by atoms with E-state index in [4.69, 9.17) is 10.5 Å². The molecule has 4 nitrogen and oxygen atoms in total. The summed E-state index contributed by atoms with van der Waals surface area (Å²) in [6.07, 6.45) is 1.42. The average molecular weight is 224 g/mol. The second-order valence-corrected chi connectivity index (χ2v) is 3.74. The second-order valence-electron chi connectivity index (χ2n) is 3.74. The third kappa shape index (κ3) is 3.31. The minimum Gasteiger partial charge on any atom is -0.495 e. The van der Waals surface area contributed by atoms with Crippen molar-refractivity contribution in [1.82, 2.24) is 0 Å². The van der Waals surface area contributed by atoms with Gasteiger partial charge in [0.05, 0.1) is 24.6 Å². The topological polar surface area (TPSA) is 67.5 Å². The normalized spacial score (nSPS) is 12.2. The molecule has 0 amide bonds. The van der Waals surface area contributed by atoms with Crippen LogP contribution in [0.4, 0.5) is 11.4 Å². The SMILES string of the molecule is CCCC(O)CNc1cccc(OC)c1N. The fourth-order valence-electron chi connectivity index (χ4n) is 1.54. The number of anilines is 2. The molecule has 0 aliphatic heterocycles. The highest BCUT2D eigenvalue weighted by Gasteiger charge is 2.06. The number of aliphatic hydroxyl groups excluding tert-OH is 1. The molecular formula is C12H20N2O2. The molecule has 1 unspecified atom stereocenters. The average Bonchev–Trinajstić information content (AvgIpc) is 2.28. The zero-order valence-electron chi connectivity index (χ0n) is 9.86. The van der Waals surface area contributed by atoms with E-state index in [0.29, 0.717) is 18.0 Å². The molecule has 1 rings (SSSR count). The van der Waals surface area contributed by atoms with E-state index in [-0.39, 0.29) is 6.10 Å². The summed E-state index contributed by atoms with van der Waals surface area (Å²) in [6, 6.07) is 5.54. The van der Waals surface area contributed by atoms with Gasteiger partial charge < -0.3 is 20.9 Å². The van der Waals surface area contributed by atoms with Crippen LogP contribution in [0, 0.1) is 0 Å². The number of benzene rings is 1. The fraction of sp³-hybridized carbons (Fsp3) is 0.500. The lowest BCUT2D eigenvalue weighted by Gasteiger charge is -2.14. The molecule has 0 bridgehead atoms. The van der Waals surface area contributed by atoms with Gasteiger partial charge in [0.25, 0.3) is 0 Å². The highest BCUT2D eigenvalue weighted by Crippen LogP contribution is 2.28. The van der Waals surface area contributed by atoms with Crippen LogP contribution < -0.4 is 15.8 Å². The number of ether oxygens (including phenoxy) is 1. The molecule has 1 aromatic carbocycles. The van der Waals surface area contributed by atoms with Gasteiger partial charge in [-0.05, 0) is 18.6 Å². The molecule has 4 N–H and O–H groups in total. The standard InChI is InChI=1S/C12H20N2O2/c1-3-5-9(15)8-14-10-6-4-7-11(16-2)12(10)13/h4,6-7,9,14-15H,3,5,8,13H2,1-2H3. The molecule has 0 aliphatic carbocycles. The van der Waals surface area contributed by atoms with E-state index in [2.05, 4.69) is 5.32 Å². The van der Waals surface area contributed by atoms with Crippen LogP contribution in [0.15, 0.2) is 18.2 Å². The van der Waals surface area contributed by atoms with Crippen molar-refractivity contribution in [1.29, 1.82) is 0 Å². The van der Waals surface area contributed by atoms with Gasteiger partial charge in [-0.3, -0.25) is 0 Å². The second kappa shape index (κ2) is 6.23. The smallest absolute Gasteiger partial charge is 0.143 e. The lowest BCUT2D eigenvalue weighted by Crippen LogP contribution is -2.19. The molecule has 0 saturated carbocycles. The maximum absolute atomic E-state index is 9.59. The van der Waals surface area contributed by atoms with Crippen LogP contribution in [-0.4, -0.2) is 24.9 Å². The van der Waals surface area contributed by atoms with Crippen LogP contribution in [0.25, 0.3) is 0 Å². The van der Waals surface area contributed by atoms with E-state index in [9.17, 15) is 5.11 Å². The summed E-state index contributed by atoms with van der Waals surface area (Å²) in [7, 11) is 1.58. The monoisotopic (exact) mass is 224 g/mol. The van der Waals surface area contributed by atoms with Gasteiger partial charge in [-0.1, -0.05) is 19.4 Å². The lowest BCUT2D eigenvalue weighted by atomic mass is 10.2. The van der Waals surface area contributed by atoms with Gasteiger partial charge in [-0.25, -0.2) is 0 Å². The van der Waals surface area contributed by atoms with Gasteiger partial charge in [0.2, 0.25) is 0 Å². The summed E-state index contributed by atoms with van der Waals surface area (Å²) in [6.45, 7) is 2.55. The Kier molecular flexibility index (Phi) is 4.92. The molecule has 1 atom stereocenters. The number of aliphatic hydroxyl groups is 1. The Morgan fingerprint density at radius 2 is 2.25 bits per heavy atom. The highest BCUT2D eigenvalue weighted by molar-refractivity contribution is 5.72. The Morgan fingerprint density at radius 1 is 1.50 bits per heavy atom. The molecule has 90 valence electrons. The van der Waals surface area contributed by atoms with Crippen molar-refractivity contribution in [3.63, 3.8) is 0 Å². The number of para-hydroxylation sites is 1. The summed E-state index contributed by atoms with van der Waals surface area (Å²) in [4.78, 5) is 0. The molecular weight excluding hydrogens is 204 g/mol. The Balaban J connectivity index is 2.60. The first kappa shape index (κ1) is 12.6. The van der Waals surface area contributed by atoms with Crippen LogP contribution in [0.3, 0.4) is 0 Å². The summed E-state index contributed by atoms with van der Waals surface area (Å²) in [5, 5.41) is 12.7. The predicted molar refractivity (Wildman–Crippen MR) is 66.8 cm³/mol. The van der Waals surface area contributed by atoms with Crippen LogP contribution in [0.2, 0.25) is 0 Å². The Morgan fingerprint density at radius 3 is 2.88 bits per heavy atom. The van der Waals surface area contributed by atoms with Crippen molar-refractivity contribution in [2.75, 3.05) is 24.7 Å². The van der Waals surface area contributed by atoms with E-state index in [1.54, 1.807) is 7.11 Å².